The number of hydrogen-bond donors (Lipinski definition) is 0. The summed E-state index contributed by atoms with van der Waals surface area (Å²) in [6.45, 7) is 0. The van der Waals surface area contributed by atoms with E-state index in [-0.39, 0.29) is 11.3 Å². The lowest BCUT2D eigenvalue weighted by molar-refractivity contribution is 0.103. The number of ether oxygens (including phenoxy) is 1. The number of carbonyl (C=O) groups is 1. The van der Waals surface area contributed by atoms with E-state index >= 15 is 0 Å². The topological polar surface area (TPSA) is 26.3 Å². The fourth-order valence-corrected chi connectivity index (χ4v) is 1.61. The average Bonchev–Trinajstić information content (AvgIpc) is 2.42. The standard InChI is InChI=1S/C14H10F2O2/c1-18-11-8-7-10(12(15)13(11)16)14(17)9-5-3-2-4-6-9/h2-8H,1H3. The first-order valence-electron chi connectivity index (χ1n) is 5.27. The van der Waals surface area contributed by atoms with E-state index in [1.807, 2.05) is 0 Å². The van der Waals surface area contributed by atoms with Crippen LogP contribution in [0.25, 0.3) is 0 Å². The monoisotopic (exact) mass is 248 g/mol. The maximum absolute atomic E-state index is 13.7. The summed E-state index contributed by atoms with van der Waals surface area (Å²) in [7, 11) is 1.23. The van der Waals surface area contributed by atoms with Crippen LogP contribution in [0.1, 0.15) is 15.9 Å². The van der Waals surface area contributed by atoms with Gasteiger partial charge in [0.1, 0.15) is 0 Å². The second-order valence-corrected chi connectivity index (χ2v) is 3.64. The van der Waals surface area contributed by atoms with E-state index in [4.69, 9.17) is 0 Å². The Kier molecular flexibility index (Phi) is 3.37. The van der Waals surface area contributed by atoms with E-state index in [0.29, 0.717) is 5.56 Å². The summed E-state index contributed by atoms with van der Waals surface area (Å²) < 4.78 is 31.8. The van der Waals surface area contributed by atoms with Crippen molar-refractivity contribution < 1.29 is 18.3 Å². The zero-order valence-electron chi connectivity index (χ0n) is 9.61. The van der Waals surface area contributed by atoms with Crippen LogP contribution in [0.3, 0.4) is 0 Å². The summed E-state index contributed by atoms with van der Waals surface area (Å²) in [5.74, 6) is -3.13. The van der Waals surface area contributed by atoms with Gasteiger partial charge in [-0.15, -0.1) is 0 Å². The lowest BCUT2D eigenvalue weighted by Crippen LogP contribution is -2.06. The van der Waals surface area contributed by atoms with Gasteiger partial charge in [0.05, 0.1) is 12.7 Å². The van der Waals surface area contributed by atoms with E-state index in [0.717, 1.165) is 0 Å². The third-order valence-electron chi connectivity index (χ3n) is 2.55. The van der Waals surface area contributed by atoms with Gasteiger partial charge in [0, 0.05) is 5.56 Å². The Bertz CT molecular complexity index is 580. The van der Waals surface area contributed by atoms with Gasteiger partial charge in [-0.1, -0.05) is 30.3 Å². The van der Waals surface area contributed by atoms with Crippen LogP contribution in [0.4, 0.5) is 8.78 Å². The smallest absolute Gasteiger partial charge is 0.201 e. The Hall–Kier alpha value is -2.23. The molecule has 0 amide bonds. The Labute approximate surface area is 103 Å². The van der Waals surface area contributed by atoms with Crippen LogP contribution in [0, 0.1) is 11.6 Å². The van der Waals surface area contributed by atoms with Gasteiger partial charge in [0.2, 0.25) is 5.82 Å². The van der Waals surface area contributed by atoms with Gasteiger partial charge in [-0.05, 0) is 12.1 Å². The van der Waals surface area contributed by atoms with Crippen LogP contribution in [0.15, 0.2) is 42.5 Å². The number of benzene rings is 2. The lowest BCUT2D eigenvalue weighted by atomic mass is 10.0. The summed E-state index contributed by atoms with van der Waals surface area (Å²) in [5.41, 5.74) is 0.000432. The first-order chi connectivity index (χ1) is 8.65. The molecule has 0 aliphatic rings. The molecule has 0 aliphatic carbocycles. The van der Waals surface area contributed by atoms with E-state index in [1.165, 1.54) is 19.2 Å². The van der Waals surface area contributed by atoms with Crippen molar-refractivity contribution in [2.75, 3.05) is 7.11 Å². The van der Waals surface area contributed by atoms with Gasteiger partial charge in [-0.2, -0.15) is 4.39 Å². The minimum absolute atomic E-state index is 0.225. The first-order valence-corrected chi connectivity index (χ1v) is 5.27. The Morgan fingerprint density at radius 1 is 1.00 bits per heavy atom. The lowest BCUT2D eigenvalue weighted by Gasteiger charge is -2.06. The highest BCUT2D eigenvalue weighted by atomic mass is 19.2. The Balaban J connectivity index is 2.47. The molecule has 2 rings (SSSR count). The molecule has 0 aliphatic heterocycles. The maximum Gasteiger partial charge on any atom is 0.201 e. The average molecular weight is 248 g/mol. The molecule has 0 fully saturated rings. The molecule has 0 bridgehead atoms. The molecule has 0 saturated carbocycles. The molecule has 2 nitrogen and oxygen atoms in total. The normalized spacial score (nSPS) is 10.2. The van der Waals surface area contributed by atoms with Crippen LogP contribution in [-0.2, 0) is 0 Å². The van der Waals surface area contributed by atoms with Crippen molar-refractivity contribution in [2.24, 2.45) is 0 Å². The van der Waals surface area contributed by atoms with Gasteiger partial charge in [-0.3, -0.25) is 4.79 Å². The number of methoxy groups -OCH3 is 1. The van der Waals surface area contributed by atoms with Crippen molar-refractivity contribution in [1.82, 2.24) is 0 Å². The van der Waals surface area contributed by atoms with Crippen molar-refractivity contribution >= 4 is 5.78 Å². The second kappa shape index (κ2) is 4.96. The molecular formula is C14H10F2O2. The molecule has 2 aromatic carbocycles. The van der Waals surface area contributed by atoms with Crippen molar-refractivity contribution in [3.63, 3.8) is 0 Å². The van der Waals surface area contributed by atoms with Crippen molar-refractivity contribution in [2.45, 2.75) is 0 Å². The summed E-state index contributed by atoms with van der Waals surface area (Å²) >= 11 is 0. The summed E-state index contributed by atoms with van der Waals surface area (Å²) in [6, 6.07) is 10.6. The number of halogens is 2. The van der Waals surface area contributed by atoms with Crippen molar-refractivity contribution in [3.05, 3.63) is 65.2 Å². The Morgan fingerprint density at radius 3 is 2.28 bits per heavy atom. The largest absolute Gasteiger partial charge is 0.494 e. The van der Waals surface area contributed by atoms with Gasteiger partial charge in [0.25, 0.3) is 0 Å². The third kappa shape index (κ3) is 2.09. The highest BCUT2D eigenvalue weighted by molar-refractivity contribution is 6.09. The molecule has 0 aromatic heterocycles. The molecule has 0 heterocycles. The number of rotatable bonds is 3. The molecule has 2 aromatic rings. The van der Waals surface area contributed by atoms with Gasteiger partial charge >= 0.3 is 0 Å². The van der Waals surface area contributed by atoms with Crippen molar-refractivity contribution in [3.8, 4) is 5.75 Å². The second-order valence-electron chi connectivity index (χ2n) is 3.64. The van der Waals surface area contributed by atoms with Gasteiger partial charge in [0.15, 0.2) is 17.3 Å². The van der Waals surface area contributed by atoms with Crippen LogP contribution in [0.5, 0.6) is 5.75 Å². The van der Waals surface area contributed by atoms with E-state index in [2.05, 4.69) is 4.74 Å². The van der Waals surface area contributed by atoms with Crippen molar-refractivity contribution in [1.29, 1.82) is 0 Å². The number of carbonyl (C=O) groups excluding carboxylic acids is 1. The molecule has 0 radical (unpaired) electrons. The molecular weight excluding hydrogens is 238 g/mol. The number of hydrogen-bond acceptors (Lipinski definition) is 2. The molecule has 18 heavy (non-hydrogen) atoms. The van der Waals surface area contributed by atoms with E-state index in [1.54, 1.807) is 30.3 Å². The van der Waals surface area contributed by atoms with Gasteiger partial charge in [-0.25, -0.2) is 4.39 Å². The molecule has 0 saturated heterocycles. The summed E-state index contributed by atoms with van der Waals surface area (Å²) in [5, 5.41) is 0. The zero-order valence-corrected chi connectivity index (χ0v) is 9.61. The zero-order chi connectivity index (χ0) is 13.1. The predicted octanol–water partition coefficient (Wildman–Crippen LogP) is 3.20. The van der Waals surface area contributed by atoms with E-state index < -0.39 is 17.4 Å². The van der Waals surface area contributed by atoms with Crippen LogP contribution in [-0.4, -0.2) is 12.9 Å². The SMILES string of the molecule is COc1ccc(C(=O)c2ccccc2)c(F)c1F. The van der Waals surface area contributed by atoms with E-state index in [9.17, 15) is 13.6 Å². The molecule has 0 N–H and O–H groups in total. The van der Waals surface area contributed by atoms with Crippen LogP contribution in [0.2, 0.25) is 0 Å². The summed E-state index contributed by atoms with van der Waals surface area (Å²) in [6.07, 6.45) is 0. The molecule has 0 spiro atoms. The first kappa shape index (κ1) is 12.2. The minimum atomic E-state index is -1.19. The quantitative estimate of drug-likeness (QED) is 0.780. The highest BCUT2D eigenvalue weighted by Crippen LogP contribution is 2.24. The fraction of sp³-hybridized carbons (Fsp3) is 0.0714. The van der Waals surface area contributed by atoms with Gasteiger partial charge < -0.3 is 4.74 Å². The highest BCUT2D eigenvalue weighted by Gasteiger charge is 2.19. The Morgan fingerprint density at radius 2 is 1.67 bits per heavy atom. The molecule has 0 atom stereocenters. The minimum Gasteiger partial charge on any atom is -0.494 e. The predicted molar refractivity (Wildman–Crippen MR) is 62.8 cm³/mol. The molecule has 0 unspecified atom stereocenters. The van der Waals surface area contributed by atoms with Crippen LogP contribution < -0.4 is 4.74 Å². The fourth-order valence-electron chi connectivity index (χ4n) is 1.61. The van der Waals surface area contributed by atoms with Crippen LogP contribution >= 0.6 is 0 Å². The summed E-state index contributed by atoms with van der Waals surface area (Å²) in [4.78, 5) is 12.0. The maximum atomic E-state index is 13.7. The molecule has 92 valence electrons. The molecule has 4 heteroatoms. The number of ketones is 1. The third-order valence-corrected chi connectivity index (χ3v) is 2.55.